The molecule has 0 saturated heterocycles. The van der Waals surface area contributed by atoms with Crippen LogP contribution in [0.3, 0.4) is 0 Å². The van der Waals surface area contributed by atoms with E-state index in [-0.39, 0.29) is 11.7 Å². The van der Waals surface area contributed by atoms with E-state index in [4.69, 9.17) is 9.47 Å². The van der Waals surface area contributed by atoms with Crippen LogP contribution in [0.1, 0.15) is 32.3 Å². The molecule has 0 bridgehead atoms. The van der Waals surface area contributed by atoms with Gasteiger partial charge < -0.3 is 19.4 Å². The monoisotopic (exact) mass is 447 g/mol. The first kappa shape index (κ1) is 22.1. The van der Waals surface area contributed by atoms with E-state index in [1.54, 1.807) is 18.3 Å². The normalized spacial score (nSPS) is 10.8. The van der Waals surface area contributed by atoms with Gasteiger partial charge in [-0.15, -0.1) is 21.5 Å². The van der Waals surface area contributed by atoms with Crippen LogP contribution in [0.25, 0.3) is 0 Å². The number of carbonyl (C=O) groups is 1. The fourth-order valence-electron chi connectivity index (χ4n) is 2.73. The molecular weight excluding hydrogens is 422 g/mol. The summed E-state index contributed by atoms with van der Waals surface area (Å²) in [6.45, 7) is 7.53. The summed E-state index contributed by atoms with van der Waals surface area (Å²) in [6, 6.07) is 7.79. The highest BCUT2D eigenvalue weighted by Gasteiger charge is 2.15. The van der Waals surface area contributed by atoms with Crippen molar-refractivity contribution in [2.45, 2.75) is 38.9 Å². The second-order valence-electron chi connectivity index (χ2n) is 6.14. The van der Waals surface area contributed by atoms with E-state index >= 15 is 0 Å². The third kappa shape index (κ3) is 5.96. The molecule has 0 aliphatic carbocycles. The Morgan fingerprint density at radius 2 is 1.97 bits per heavy atom. The maximum atomic E-state index is 11.6. The van der Waals surface area contributed by atoms with Gasteiger partial charge in [0.2, 0.25) is 0 Å². The number of nitrogens with zero attached hydrogens (tertiary/aromatic N) is 4. The second-order valence-corrected chi connectivity index (χ2v) is 7.94. The highest BCUT2D eigenvalue weighted by molar-refractivity contribution is 7.99. The van der Waals surface area contributed by atoms with Gasteiger partial charge in [-0.1, -0.05) is 11.8 Å². The number of nitrogens with one attached hydrogen (secondary N) is 1. The Balaban J connectivity index is 1.61. The van der Waals surface area contributed by atoms with Crippen LogP contribution in [-0.2, 0) is 22.5 Å². The van der Waals surface area contributed by atoms with Crippen LogP contribution >= 0.6 is 23.1 Å². The van der Waals surface area contributed by atoms with Crippen LogP contribution in [0.2, 0.25) is 0 Å². The molecule has 30 heavy (non-hydrogen) atoms. The number of ether oxygens (including phenoxy) is 2. The standard InChI is InChI=1S/C20H25N5O3S2/c1-4-25-17(23-24-20(25)30-13-18(26)28-6-3)11-15-12-29-19(22-15)21-14-7-9-16(10-8-14)27-5-2/h7-10,12H,4-6,11,13H2,1-3H3,(H,21,22). The summed E-state index contributed by atoms with van der Waals surface area (Å²) in [5.74, 6) is 1.64. The Kier molecular flexibility index (Phi) is 8.09. The Labute approximate surface area is 184 Å². The van der Waals surface area contributed by atoms with E-state index in [1.807, 2.05) is 48.1 Å². The van der Waals surface area contributed by atoms with Gasteiger partial charge in [0.1, 0.15) is 11.6 Å². The van der Waals surface area contributed by atoms with Gasteiger partial charge in [0.25, 0.3) is 0 Å². The summed E-state index contributed by atoms with van der Waals surface area (Å²) in [5, 5.41) is 15.4. The lowest BCUT2D eigenvalue weighted by molar-refractivity contribution is -0.139. The molecule has 0 spiro atoms. The van der Waals surface area contributed by atoms with Crippen molar-refractivity contribution in [3.8, 4) is 5.75 Å². The molecule has 1 N–H and O–H groups in total. The predicted octanol–water partition coefficient (Wildman–Crippen LogP) is 4.14. The molecule has 2 heterocycles. The molecule has 1 aromatic carbocycles. The SMILES string of the molecule is CCOC(=O)CSc1nnc(Cc2csc(Nc3ccc(OCC)cc3)n2)n1CC. The van der Waals surface area contributed by atoms with E-state index in [0.717, 1.165) is 34.6 Å². The number of benzene rings is 1. The fourth-order valence-corrected chi connectivity index (χ4v) is 4.28. The molecule has 8 nitrogen and oxygen atoms in total. The number of rotatable bonds is 11. The predicted molar refractivity (Wildman–Crippen MR) is 119 cm³/mol. The maximum Gasteiger partial charge on any atom is 0.316 e. The first-order valence-corrected chi connectivity index (χ1v) is 11.6. The highest BCUT2D eigenvalue weighted by Crippen LogP contribution is 2.25. The topological polar surface area (TPSA) is 91.2 Å². The van der Waals surface area contributed by atoms with Crippen molar-refractivity contribution in [1.82, 2.24) is 19.7 Å². The van der Waals surface area contributed by atoms with Gasteiger partial charge in [0, 0.05) is 17.6 Å². The van der Waals surface area contributed by atoms with Gasteiger partial charge in [-0.25, -0.2) is 4.98 Å². The molecule has 0 fully saturated rings. The van der Waals surface area contributed by atoms with Gasteiger partial charge >= 0.3 is 5.97 Å². The van der Waals surface area contributed by atoms with Crippen molar-refractivity contribution in [1.29, 1.82) is 0 Å². The molecule has 3 rings (SSSR count). The minimum Gasteiger partial charge on any atom is -0.494 e. The minimum absolute atomic E-state index is 0.221. The van der Waals surface area contributed by atoms with Gasteiger partial charge in [-0.2, -0.15) is 0 Å². The van der Waals surface area contributed by atoms with Crippen LogP contribution in [-0.4, -0.2) is 44.7 Å². The van der Waals surface area contributed by atoms with E-state index in [9.17, 15) is 4.79 Å². The van der Waals surface area contributed by atoms with Crippen molar-refractivity contribution in [2.75, 3.05) is 24.3 Å². The molecule has 0 saturated carbocycles. The lowest BCUT2D eigenvalue weighted by atomic mass is 10.3. The first-order chi connectivity index (χ1) is 14.6. The fraction of sp³-hybridized carbons (Fsp3) is 0.400. The van der Waals surface area contributed by atoms with Crippen LogP contribution < -0.4 is 10.1 Å². The van der Waals surface area contributed by atoms with Crippen LogP contribution in [0, 0.1) is 0 Å². The van der Waals surface area contributed by atoms with Crippen LogP contribution in [0.4, 0.5) is 10.8 Å². The van der Waals surface area contributed by atoms with Crippen molar-refractivity contribution in [2.24, 2.45) is 0 Å². The van der Waals surface area contributed by atoms with E-state index in [0.29, 0.717) is 24.8 Å². The molecule has 10 heteroatoms. The van der Waals surface area contributed by atoms with Crippen molar-refractivity contribution in [3.63, 3.8) is 0 Å². The number of hydrogen-bond acceptors (Lipinski definition) is 9. The lowest BCUT2D eigenvalue weighted by Crippen LogP contribution is -2.09. The molecule has 0 unspecified atom stereocenters. The zero-order valence-corrected chi connectivity index (χ0v) is 18.9. The smallest absolute Gasteiger partial charge is 0.316 e. The lowest BCUT2D eigenvalue weighted by Gasteiger charge is -2.06. The van der Waals surface area contributed by atoms with E-state index in [1.165, 1.54) is 11.8 Å². The minimum atomic E-state index is -0.251. The van der Waals surface area contributed by atoms with Gasteiger partial charge in [-0.05, 0) is 45.0 Å². The quantitative estimate of drug-likeness (QED) is 0.346. The van der Waals surface area contributed by atoms with E-state index in [2.05, 4.69) is 20.5 Å². The number of aromatic nitrogens is 4. The zero-order valence-electron chi connectivity index (χ0n) is 17.3. The Morgan fingerprint density at radius 1 is 1.17 bits per heavy atom. The van der Waals surface area contributed by atoms with Crippen LogP contribution in [0.15, 0.2) is 34.8 Å². The average Bonchev–Trinajstić information content (AvgIpc) is 3.35. The highest BCUT2D eigenvalue weighted by atomic mass is 32.2. The van der Waals surface area contributed by atoms with Crippen molar-refractivity contribution < 1.29 is 14.3 Å². The third-order valence-electron chi connectivity index (χ3n) is 4.04. The Hall–Kier alpha value is -2.59. The largest absolute Gasteiger partial charge is 0.494 e. The molecule has 0 aliphatic rings. The number of esters is 1. The molecule has 160 valence electrons. The molecule has 0 aliphatic heterocycles. The number of thioether (sulfide) groups is 1. The molecule has 3 aromatic rings. The molecule has 0 radical (unpaired) electrons. The number of thiazole rings is 1. The summed E-state index contributed by atoms with van der Waals surface area (Å²) in [5.41, 5.74) is 1.87. The second kappa shape index (κ2) is 11.0. The Bertz CT molecular complexity index is 956. The van der Waals surface area contributed by atoms with Crippen molar-refractivity contribution >= 4 is 39.9 Å². The molecule has 2 aromatic heterocycles. The van der Waals surface area contributed by atoms with Crippen LogP contribution in [0.5, 0.6) is 5.75 Å². The van der Waals surface area contributed by atoms with E-state index < -0.39 is 0 Å². The summed E-state index contributed by atoms with van der Waals surface area (Å²) in [6.07, 6.45) is 0.572. The average molecular weight is 448 g/mol. The summed E-state index contributed by atoms with van der Waals surface area (Å²) < 4.78 is 12.4. The molecule has 0 amide bonds. The number of carbonyl (C=O) groups excluding carboxylic acids is 1. The van der Waals surface area contributed by atoms with Crippen molar-refractivity contribution in [3.05, 3.63) is 41.2 Å². The van der Waals surface area contributed by atoms with Gasteiger partial charge in [-0.3, -0.25) is 4.79 Å². The first-order valence-electron chi connectivity index (χ1n) is 9.77. The van der Waals surface area contributed by atoms with Gasteiger partial charge in [0.15, 0.2) is 10.3 Å². The van der Waals surface area contributed by atoms with Gasteiger partial charge in [0.05, 0.1) is 31.1 Å². The summed E-state index contributed by atoms with van der Waals surface area (Å²) in [7, 11) is 0. The Morgan fingerprint density at radius 3 is 2.67 bits per heavy atom. The number of anilines is 2. The molecule has 0 atom stereocenters. The summed E-state index contributed by atoms with van der Waals surface area (Å²) >= 11 is 2.88. The maximum absolute atomic E-state index is 11.6. The number of hydrogen-bond donors (Lipinski definition) is 1. The summed E-state index contributed by atoms with van der Waals surface area (Å²) in [4.78, 5) is 16.3. The molecular formula is C20H25N5O3S2. The zero-order chi connectivity index (χ0) is 21.3. The third-order valence-corrected chi connectivity index (χ3v) is 5.79.